The zero-order chi connectivity index (χ0) is 76.0. The fourth-order valence-electron chi connectivity index (χ4n) is 10.2. The van der Waals surface area contributed by atoms with Gasteiger partial charge in [-0.15, -0.1) is 0 Å². The Morgan fingerprint density at radius 3 is 0.827 bits per heavy atom. The maximum absolute atomic E-state index is 13.1. The summed E-state index contributed by atoms with van der Waals surface area (Å²) in [5, 5.41) is 10.6. The van der Waals surface area contributed by atoms with E-state index >= 15 is 0 Å². The molecule has 0 amide bonds. The first-order valence-corrected chi connectivity index (χ1v) is 43.1. The van der Waals surface area contributed by atoms with Gasteiger partial charge in [0.25, 0.3) is 0 Å². The predicted molar refractivity (Wildman–Crippen MR) is 427 cm³/mol. The number of hydrogen-bond donors (Lipinski definition) is 3. The fourth-order valence-corrected chi connectivity index (χ4v) is 11.8. The molecule has 3 N–H and O–H groups in total. The maximum atomic E-state index is 13.1. The van der Waals surface area contributed by atoms with Crippen molar-refractivity contribution >= 4 is 39.5 Å². The first-order valence-electron chi connectivity index (χ1n) is 40.1. The minimum atomic E-state index is -4.99. The largest absolute Gasteiger partial charge is 0.472 e. The van der Waals surface area contributed by atoms with Crippen LogP contribution in [0.15, 0.2) is 146 Å². The average Bonchev–Trinajstić information content (AvgIpc) is 0.913. The third-order valence-electron chi connectivity index (χ3n) is 16.2. The lowest BCUT2D eigenvalue weighted by atomic mass is 10.1. The molecule has 594 valence electrons. The Morgan fingerprint density at radius 1 is 0.279 bits per heavy atom. The second-order valence-corrected chi connectivity index (χ2v) is 29.1. The van der Waals surface area contributed by atoms with Crippen LogP contribution in [0.4, 0.5) is 0 Å². The van der Waals surface area contributed by atoms with Crippen molar-refractivity contribution in [1.82, 2.24) is 0 Å². The van der Waals surface area contributed by atoms with Crippen molar-refractivity contribution in [3.8, 4) is 0 Å². The van der Waals surface area contributed by atoms with Gasteiger partial charge in [0.2, 0.25) is 0 Å². The average molecular weight is 1500 g/mol. The van der Waals surface area contributed by atoms with Crippen molar-refractivity contribution < 1.29 is 80.2 Å². The van der Waals surface area contributed by atoms with Gasteiger partial charge in [0.1, 0.15) is 19.3 Å². The third kappa shape index (κ3) is 75.2. The first-order chi connectivity index (χ1) is 50.7. The quantitative estimate of drug-likeness (QED) is 0.0169. The zero-order valence-electron chi connectivity index (χ0n) is 64.9. The van der Waals surface area contributed by atoms with Crippen LogP contribution in [0.3, 0.4) is 0 Å². The molecule has 0 radical (unpaired) electrons. The van der Waals surface area contributed by atoms with Gasteiger partial charge in [-0.25, -0.2) is 9.13 Å². The smallest absolute Gasteiger partial charge is 0.462 e. The molecule has 0 spiro atoms. The van der Waals surface area contributed by atoms with E-state index in [1.165, 1.54) is 25.7 Å². The molecule has 0 aliphatic heterocycles. The highest BCUT2D eigenvalue weighted by Gasteiger charge is 2.30. The van der Waals surface area contributed by atoms with Crippen molar-refractivity contribution in [3.63, 3.8) is 0 Å². The molecule has 19 heteroatoms. The van der Waals surface area contributed by atoms with Crippen LogP contribution in [-0.2, 0) is 65.4 Å². The molecule has 5 unspecified atom stereocenters. The number of rotatable bonds is 74. The Balaban J connectivity index is 5.38. The summed E-state index contributed by atoms with van der Waals surface area (Å²) in [7, 11) is -9.98. The minimum Gasteiger partial charge on any atom is -0.462 e. The molecule has 5 atom stereocenters. The summed E-state index contributed by atoms with van der Waals surface area (Å²) in [6.07, 6.45) is 86.8. The van der Waals surface area contributed by atoms with E-state index in [1.807, 2.05) is 0 Å². The lowest BCUT2D eigenvalue weighted by Gasteiger charge is -2.21. The molecule has 0 fully saturated rings. The normalized spacial score (nSPS) is 14.6. The lowest BCUT2D eigenvalue weighted by Crippen LogP contribution is -2.30. The molecule has 0 heterocycles. The van der Waals surface area contributed by atoms with Crippen LogP contribution in [0, 0.1) is 0 Å². The second kappa shape index (κ2) is 76.1. The van der Waals surface area contributed by atoms with Crippen LogP contribution in [0.25, 0.3) is 0 Å². The van der Waals surface area contributed by atoms with E-state index in [0.717, 1.165) is 205 Å². The number of allylic oxidation sites excluding steroid dienone is 24. The maximum Gasteiger partial charge on any atom is 0.472 e. The molecule has 17 nitrogen and oxygen atoms in total. The summed E-state index contributed by atoms with van der Waals surface area (Å²) in [6.45, 7) is 4.49. The Labute approximate surface area is 630 Å². The van der Waals surface area contributed by atoms with Gasteiger partial charge in [0.05, 0.1) is 26.4 Å². The zero-order valence-corrected chi connectivity index (χ0v) is 66.7. The van der Waals surface area contributed by atoms with E-state index < -0.39 is 97.5 Å². The molecular formula is C85H142O17P2. The molecule has 0 saturated carbocycles. The van der Waals surface area contributed by atoms with E-state index in [-0.39, 0.29) is 25.7 Å². The highest BCUT2D eigenvalue weighted by Crippen LogP contribution is 2.45. The van der Waals surface area contributed by atoms with Gasteiger partial charge in [-0.2, -0.15) is 0 Å². The molecule has 0 aromatic rings. The molecule has 104 heavy (non-hydrogen) atoms. The topological polar surface area (TPSA) is 237 Å². The number of aliphatic hydroxyl groups is 1. The number of carbonyl (C=O) groups is 4. The lowest BCUT2D eigenvalue weighted by molar-refractivity contribution is -0.161. The Kier molecular flexibility index (Phi) is 72.4. The number of unbranched alkanes of at least 4 members (excludes halogenated alkanes) is 24. The number of aliphatic hydroxyl groups excluding tert-OH is 1. The highest BCUT2D eigenvalue weighted by atomic mass is 31.2. The standard InChI is InChI=1S/C85H142O17P2/c1-5-9-13-17-21-25-29-33-35-37-39-41-43-47-49-53-57-61-65-69-82(87)95-75-80(101-84(89)71-67-63-59-55-51-45-31-27-23-19-15-11-7-3)77-99-103(91,92)97-73-79(86)74-98-104(93,94)100-78-81(102-85(90)72-68-64-60-56-52-46-32-28-24-20-16-12-8-4)76-96-83(88)70-66-62-58-54-50-48-44-42-40-38-36-34-30-26-22-18-14-10-6-2/h9-10,13-15,19,21-22,25-28,31-36,39-42,48,50,79-81,86H,5-8,11-12,16-18,20,23-24,29-30,37-38,43-47,49,51-78H2,1-4H3,(H,91,92)(H,93,94)/b13-9-,14-10-,19-15-,25-21-,26-22-,31-27-,32-28-,35-33-,36-34-,41-39-,42-40-,50-48-. The highest BCUT2D eigenvalue weighted by molar-refractivity contribution is 7.47. The predicted octanol–water partition coefficient (Wildman–Crippen LogP) is 23.4. The number of hydrogen-bond acceptors (Lipinski definition) is 15. The Hall–Kier alpha value is -5.06. The van der Waals surface area contributed by atoms with Crippen molar-refractivity contribution in [2.75, 3.05) is 39.6 Å². The first kappa shape index (κ1) is 98.9. The van der Waals surface area contributed by atoms with Crippen LogP contribution in [-0.4, -0.2) is 96.7 Å². The number of carbonyl (C=O) groups excluding carboxylic acids is 4. The van der Waals surface area contributed by atoms with E-state index in [1.54, 1.807) is 0 Å². The summed E-state index contributed by atoms with van der Waals surface area (Å²) in [6, 6.07) is 0. The molecule has 0 aromatic heterocycles. The van der Waals surface area contributed by atoms with Crippen molar-refractivity contribution in [2.24, 2.45) is 0 Å². The van der Waals surface area contributed by atoms with E-state index in [9.17, 15) is 43.2 Å². The summed E-state index contributed by atoms with van der Waals surface area (Å²) in [4.78, 5) is 73.0. The van der Waals surface area contributed by atoms with Crippen molar-refractivity contribution in [3.05, 3.63) is 146 Å². The van der Waals surface area contributed by atoms with Crippen molar-refractivity contribution in [2.45, 2.75) is 329 Å². The van der Waals surface area contributed by atoms with Crippen LogP contribution in [0.5, 0.6) is 0 Å². The van der Waals surface area contributed by atoms with E-state index in [4.69, 9.17) is 37.0 Å². The summed E-state index contributed by atoms with van der Waals surface area (Å²) in [5.41, 5.74) is 0. The number of phosphoric ester groups is 2. The van der Waals surface area contributed by atoms with Gasteiger partial charge >= 0.3 is 39.5 Å². The van der Waals surface area contributed by atoms with Gasteiger partial charge in [-0.05, 0) is 161 Å². The minimum absolute atomic E-state index is 0.0709. The van der Waals surface area contributed by atoms with Crippen molar-refractivity contribution in [1.29, 1.82) is 0 Å². The summed E-state index contributed by atoms with van der Waals surface area (Å²) in [5.74, 6) is -2.25. The second-order valence-electron chi connectivity index (χ2n) is 26.2. The Morgan fingerprint density at radius 2 is 0.519 bits per heavy atom. The monoisotopic (exact) mass is 1500 g/mol. The molecule has 0 aliphatic rings. The molecule has 0 bridgehead atoms. The molecular weight excluding hydrogens is 1350 g/mol. The molecule has 0 aromatic carbocycles. The fraction of sp³-hybridized carbons (Fsp3) is 0.671. The van der Waals surface area contributed by atoms with Gasteiger partial charge in [-0.1, -0.05) is 270 Å². The molecule has 0 aliphatic carbocycles. The third-order valence-corrected chi connectivity index (χ3v) is 18.2. The van der Waals surface area contributed by atoms with Gasteiger partial charge in [-0.3, -0.25) is 37.3 Å². The van der Waals surface area contributed by atoms with Crippen LogP contribution >= 0.6 is 15.6 Å². The van der Waals surface area contributed by atoms with Crippen LogP contribution in [0.2, 0.25) is 0 Å². The van der Waals surface area contributed by atoms with Crippen LogP contribution < -0.4 is 0 Å². The van der Waals surface area contributed by atoms with Gasteiger partial charge in [0, 0.05) is 25.7 Å². The Bertz CT molecular complexity index is 2540. The number of ether oxygens (including phenoxy) is 4. The van der Waals surface area contributed by atoms with Crippen LogP contribution in [0.1, 0.15) is 310 Å². The molecule has 0 rings (SSSR count). The number of esters is 4. The summed E-state index contributed by atoms with van der Waals surface area (Å²) >= 11 is 0. The SMILES string of the molecule is CC/C=C\C/C=C\C/C=C\C/C=C\C/C=C\CCCCCC(=O)OCC(COP(=O)(O)OCC(O)COP(=O)(O)OCC(COC(=O)CCCCCCCC/C=C\C/C=C\C/C=C\C/C=C\CC)OC(=O)CCCCCCC/C=C\C/C=C\CCC)OC(=O)CCCCCCC/C=C\CCCCCC. The number of phosphoric acid groups is 2. The summed E-state index contributed by atoms with van der Waals surface area (Å²) < 4.78 is 68.6. The van der Waals surface area contributed by atoms with Gasteiger partial charge < -0.3 is 33.8 Å². The van der Waals surface area contributed by atoms with E-state index in [2.05, 4.69) is 174 Å². The van der Waals surface area contributed by atoms with E-state index in [0.29, 0.717) is 25.7 Å². The van der Waals surface area contributed by atoms with Gasteiger partial charge in [0.15, 0.2) is 12.2 Å². The molecule has 0 saturated heterocycles.